The molecule has 1 amide bonds. The zero-order chi connectivity index (χ0) is 23.9. The summed E-state index contributed by atoms with van der Waals surface area (Å²) in [6.45, 7) is 10.1. The quantitative estimate of drug-likeness (QED) is 0.299. The second kappa shape index (κ2) is 8.36. The normalized spacial score (nSPS) is 18.1. The van der Waals surface area contributed by atoms with E-state index >= 15 is 0 Å². The Morgan fingerprint density at radius 1 is 0.879 bits per heavy atom. The highest BCUT2D eigenvalue weighted by Crippen LogP contribution is 2.43. The largest absolute Gasteiger partial charge is 0.507 e. The Bertz CT molecular complexity index is 1270. The lowest BCUT2D eigenvalue weighted by Crippen LogP contribution is -2.29. The standard InChI is InChI=1S/C29H29NO3/c1-18-10-9-13-22(16-18)30-25(20-11-7-6-8-12-20)24(27(32)28(30)33)26(31)23-17-21(29(3,4)5)15-14-19(23)2/h6-17,25,31H,1-5H3/b26-24+. The predicted molar refractivity (Wildman–Crippen MR) is 132 cm³/mol. The summed E-state index contributed by atoms with van der Waals surface area (Å²) in [7, 11) is 0. The molecule has 1 N–H and O–H groups in total. The number of carbonyl (C=O) groups is 2. The maximum absolute atomic E-state index is 13.4. The van der Waals surface area contributed by atoms with Crippen molar-refractivity contribution in [3.8, 4) is 0 Å². The van der Waals surface area contributed by atoms with Gasteiger partial charge in [-0.3, -0.25) is 14.5 Å². The summed E-state index contributed by atoms with van der Waals surface area (Å²) in [5.41, 5.74) is 4.82. The Labute approximate surface area is 195 Å². The third-order valence-electron chi connectivity index (χ3n) is 6.20. The van der Waals surface area contributed by atoms with Gasteiger partial charge in [0.05, 0.1) is 11.6 Å². The molecule has 4 rings (SSSR count). The molecule has 4 nitrogen and oxygen atoms in total. The van der Waals surface area contributed by atoms with Gasteiger partial charge < -0.3 is 5.11 Å². The predicted octanol–water partition coefficient (Wildman–Crippen LogP) is 6.23. The first-order valence-corrected chi connectivity index (χ1v) is 11.1. The van der Waals surface area contributed by atoms with Crippen LogP contribution in [0, 0.1) is 13.8 Å². The Morgan fingerprint density at radius 3 is 2.21 bits per heavy atom. The molecule has 1 unspecified atom stereocenters. The molecule has 33 heavy (non-hydrogen) atoms. The van der Waals surface area contributed by atoms with Crippen LogP contribution in [-0.4, -0.2) is 16.8 Å². The Balaban J connectivity index is 1.98. The highest BCUT2D eigenvalue weighted by Gasteiger charge is 2.47. The van der Waals surface area contributed by atoms with E-state index in [0.29, 0.717) is 11.3 Å². The average Bonchev–Trinajstić information content (AvgIpc) is 3.04. The minimum atomic E-state index is -0.717. The first-order valence-electron chi connectivity index (χ1n) is 11.1. The summed E-state index contributed by atoms with van der Waals surface area (Å²) in [5, 5.41) is 11.5. The highest BCUT2D eigenvalue weighted by molar-refractivity contribution is 6.51. The molecule has 1 atom stereocenters. The molecule has 3 aromatic rings. The van der Waals surface area contributed by atoms with E-state index in [2.05, 4.69) is 20.8 Å². The molecule has 168 valence electrons. The lowest BCUT2D eigenvalue weighted by atomic mass is 9.84. The summed E-state index contributed by atoms with van der Waals surface area (Å²) in [6.07, 6.45) is 0. The zero-order valence-electron chi connectivity index (χ0n) is 19.7. The van der Waals surface area contributed by atoms with Crippen LogP contribution in [0.4, 0.5) is 5.69 Å². The third kappa shape index (κ3) is 4.09. The number of aliphatic hydroxyl groups is 1. The molecule has 1 saturated heterocycles. The van der Waals surface area contributed by atoms with Gasteiger partial charge >= 0.3 is 0 Å². The second-order valence-corrected chi connectivity index (χ2v) is 9.70. The molecule has 1 aliphatic rings. The van der Waals surface area contributed by atoms with Gasteiger partial charge in [0.1, 0.15) is 5.76 Å². The van der Waals surface area contributed by atoms with Gasteiger partial charge in [0.15, 0.2) is 0 Å². The fourth-order valence-electron chi connectivity index (χ4n) is 4.32. The molecule has 0 spiro atoms. The van der Waals surface area contributed by atoms with E-state index in [9.17, 15) is 14.7 Å². The molecule has 3 aromatic carbocycles. The van der Waals surface area contributed by atoms with Crippen LogP contribution in [0.3, 0.4) is 0 Å². The molecule has 0 aromatic heterocycles. The van der Waals surface area contributed by atoms with E-state index in [0.717, 1.165) is 22.3 Å². The first kappa shape index (κ1) is 22.5. The first-order chi connectivity index (χ1) is 15.6. The zero-order valence-corrected chi connectivity index (χ0v) is 19.7. The van der Waals surface area contributed by atoms with Gasteiger partial charge in [-0.15, -0.1) is 0 Å². The number of aliphatic hydroxyl groups excluding tert-OH is 1. The summed E-state index contributed by atoms with van der Waals surface area (Å²) in [6, 6.07) is 22.1. The summed E-state index contributed by atoms with van der Waals surface area (Å²) in [5.74, 6) is -1.45. The molecule has 1 heterocycles. The van der Waals surface area contributed by atoms with Crippen molar-refractivity contribution in [1.29, 1.82) is 0 Å². The van der Waals surface area contributed by atoms with Gasteiger partial charge in [-0.05, 0) is 59.7 Å². The third-order valence-corrected chi connectivity index (χ3v) is 6.20. The maximum atomic E-state index is 13.4. The van der Waals surface area contributed by atoms with Crippen molar-refractivity contribution in [2.24, 2.45) is 0 Å². The van der Waals surface area contributed by atoms with Gasteiger partial charge in [0.2, 0.25) is 0 Å². The number of carbonyl (C=O) groups excluding carboxylic acids is 2. The van der Waals surface area contributed by atoms with Gasteiger partial charge in [0.25, 0.3) is 11.7 Å². The molecular formula is C29H29NO3. The number of ketones is 1. The number of amides is 1. The van der Waals surface area contributed by atoms with Crippen molar-refractivity contribution in [3.05, 3.63) is 106 Å². The molecule has 0 saturated carbocycles. The van der Waals surface area contributed by atoms with E-state index in [1.165, 1.54) is 4.90 Å². The van der Waals surface area contributed by atoms with Crippen LogP contribution in [0.5, 0.6) is 0 Å². The Hall–Kier alpha value is -3.66. The SMILES string of the molecule is Cc1cccc(N2C(=O)C(=O)/C(=C(/O)c3cc(C(C)(C)C)ccc3C)C2c2ccccc2)c1. The van der Waals surface area contributed by atoms with E-state index in [-0.39, 0.29) is 16.7 Å². The average molecular weight is 440 g/mol. The molecule has 4 heteroatoms. The fraction of sp³-hybridized carbons (Fsp3) is 0.241. The lowest BCUT2D eigenvalue weighted by Gasteiger charge is -2.26. The molecular weight excluding hydrogens is 410 g/mol. The topological polar surface area (TPSA) is 57.6 Å². The van der Waals surface area contributed by atoms with Crippen LogP contribution in [0.15, 0.2) is 78.4 Å². The number of nitrogens with zero attached hydrogens (tertiary/aromatic N) is 1. The lowest BCUT2D eigenvalue weighted by molar-refractivity contribution is -0.132. The van der Waals surface area contributed by atoms with Crippen molar-refractivity contribution in [1.82, 2.24) is 0 Å². The highest BCUT2D eigenvalue weighted by atomic mass is 16.3. The van der Waals surface area contributed by atoms with E-state index < -0.39 is 17.7 Å². The summed E-state index contributed by atoms with van der Waals surface area (Å²) < 4.78 is 0. The minimum Gasteiger partial charge on any atom is -0.507 e. The van der Waals surface area contributed by atoms with E-state index in [1.54, 1.807) is 0 Å². The van der Waals surface area contributed by atoms with Crippen LogP contribution in [0.1, 0.15) is 54.6 Å². The van der Waals surface area contributed by atoms with Gasteiger partial charge in [-0.25, -0.2) is 0 Å². The van der Waals surface area contributed by atoms with Crippen molar-refractivity contribution < 1.29 is 14.7 Å². The number of rotatable bonds is 3. The number of hydrogen-bond donors (Lipinski definition) is 1. The number of benzene rings is 3. The van der Waals surface area contributed by atoms with E-state index in [4.69, 9.17) is 0 Å². The van der Waals surface area contributed by atoms with Crippen LogP contribution in [0.2, 0.25) is 0 Å². The van der Waals surface area contributed by atoms with Crippen molar-refractivity contribution >= 4 is 23.1 Å². The monoisotopic (exact) mass is 439 g/mol. The number of Topliss-reactive ketones (excluding diaryl/α,β-unsaturated/α-hetero) is 1. The molecule has 0 bridgehead atoms. The summed E-state index contributed by atoms with van der Waals surface area (Å²) >= 11 is 0. The van der Waals surface area contributed by atoms with Crippen LogP contribution in [-0.2, 0) is 15.0 Å². The summed E-state index contributed by atoms with van der Waals surface area (Å²) in [4.78, 5) is 28.1. The van der Waals surface area contributed by atoms with Gasteiger partial charge in [-0.1, -0.05) is 75.4 Å². The fourth-order valence-corrected chi connectivity index (χ4v) is 4.32. The molecule has 0 radical (unpaired) electrons. The van der Waals surface area contributed by atoms with Crippen molar-refractivity contribution in [3.63, 3.8) is 0 Å². The van der Waals surface area contributed by atoms with Crippen molar-refractivity contribution in [2.75, 3.05) is 4.90 Å². The maximum Gasteiger partial charge on any atom is 0.300 e. The van der Waals surface area contributed by atoms with Crippen LogP contribution < -0.4 is 4.90 Å². The van der Waals surface area contributed by atoms with Crippen molar-refractivity contribution in [2.45, 2.75) is 46.1 Å². The smallest absolute Gasteiger partial charge is 0.300 e. The molecule has 1 fully saturated rings. The van der Waals surface area contributed by atoms with Crippen LogP contribution >= 0.6 is 0 Å². The molecule has 0 aliphatic carbocycles. The number of aryl methyl sites for hydroxylation is 2. The molecule has 1 aliphatic heterocycles. The number of anilines is 1. The van der Waals surface area contributed by atoms with Crippen LogP contribution in [0.25, 0.3) is 5.76 Å². The van der Waals surface area contributed by atoms with Gasteiger partial charge in [-0.2, -0.15) is 0 Å². The van der Waals surface area contributed by atoms with E-state index in [1.807, 2.05) is 86.6 Å². The Kier molecular flexibility index (Phi) is 5.71. The Morgan fingerprint density at radius 2 is 1.58 bits per heavy atom. The number of hydrogen-bond acceptors (Lipinski definition) is 3. The second-order valence-electron chi connectivity index (χ2n) is 9.70. The van der Waals surface area contributed by atoms with Gasteiger partial charge in [0, 0.05) is 11.3 Å². The minimum absolute atomic E-state index is 0.113.